The molecule has 1 saturated heterocycles. The van der Waals surface area contributed by atoms with Gasteiger partial charge in [-0.1, -0.05) is 65.9 Å². The predicted molar refractivity (Wildman–Crippen MR) is 120 cm³/mol. The van der Waals surface area contributed by atoms with Crippen molar-refractivity contribution < 1.29 is 4.79 Å². The fourth-order valence-corrected chi connectivity index (χ4v) is 4.00. The Labute approximate surface area is 186 Å². The van der Waals surface area contributed by atoms with Crippen LogP contribution in [0.1, 0.15) is 27.7 Å². The van der Waals surface area contributed by atoms with E-state index in [-0.39, 0.29) is 11.9 Å². The molecule has 1 aliphatic heterocycles. The Morgan fingerprint density at radius 1 is 0.781 bits per heavy atom. The minimum absolute atomic E-state index is 0.107. The number of benzene rings is 2. The molecular weight excluding hydrogens is 402 g/mol. The molecule has 0 spiro atoms. The molecule has 0 bridgehead atoms. The monoisotopic (exact) mass is 425 g/mol. The highest BCUT2D eigenvalue weighted by Crippen LogP contribution is 2.26. The Morgan fingerprint density at radius 2 is 1.38 bits per heavy atom. The van der Waals surface area contributed by atoms with Crippen molar-refractivity contribution in [1.29, 1.82) is 0 Å². The van der Waals surface area contributed by atoms with Gasteiger partial charge in [-0.2, -0.15) is 0 Å². The first-order valence-corrected chi connectivity index (χ1v) is 10.6. The van der Waals surface area contributed by atoms with E-state index in [9.17, 15) is 4.79 Å². The Kier molecular flexibility index (Phi) is 5.57. The van der Waals surface area contributed by atoms with Crippen molar-refractivity contribution in [2.75, 3.05) is 31.1 Å². The van der Waals surface area contributed by atoms with E-state index in [0.29, 0.717) is 37.8 Å². The van der Waals surface area contributed by atoms with E-state index in [0.717, 1.165) is 11.1 Å². The maximum Gasteiger partial charge on any atom is 0.276 e. The third-order valence-electron chi connectivity index (χ3n) is 5.63. The molecule has 0 aliphatic carbocycles. The maximum atomic E-state index is 13.1. The van der Waals surface area contributed by atoms with Crippen molar-refractivity contribution in [3.05, 3.63) is 102 Å². The standard InChI is InChI=1S/C24H23N7O/c32-23(29-14-16-30(17-15-29)24-25-12-7-13-26-24)21-18-31(28-27-21)22(19-8-3-1-4-9-19)20-10-5-2-6-11-20/h1-13,18,22H,14-17H2. The first-order chi connectivity index (χ1) is 15.8. The Balaban J connectivity index is 1.34. The van der Waals surface area contributed by atoms with Gasteiger partial charge in [0.15, 0.2) is 5.69 Å². The van der Waals surface area contributed by atoms with Crippen LogP contribution in [0.2, 0.25) is 0 Å². The number of rotatable bonds is 5. The molecule has 0 unspecified atom stereocenters. The van der Waals surface area contributed by atoms with Crippen LogP contribution < -0.4 is 4.90 Å². The SMILES string of the molecule is O=C(c1cn(C(c2ccccc2)c2ccccc2)nn1)N1CCN(c2ncccn2)CC1. The van der Waals surface area contributed by atoms with Gasteiger partial charge in [-0.25, -0.2) is 14.6 Å². The minimum Gasteiger partial charge on any atom is -0.337 e. The summed E-state index contributed by atoms with van der Waals surface area (Å²) in [4.78, 5) is 25.6. The van der Waals surface area contributed by atoms with Gasteiger partial charge in [0, 0.05) is 38.6 Å². The Bertz CT molecular complexity index is 1120. The number of carbonyl (C=O) groups excluding carboxylic acids is 1. The summed E-state index contributed by atoms with van der Waals surface area (Å²) in [6.45, 7) is 2.54. The summed E-state index contributed by atoms with van der Waals surface area (Å²) >= 11 is 0. The Hall–Kier alpha value is -4.07. The number of carbonyl (C=O) groups is 1. The molecule has 1 fully saturated rings. The quantitative estimate of drug-likeness (QED) is 0.489. The zero-order chi connectivity index (χ0) is 21.8. The normalized spacial score (nSPS) is 14.0. The highest BCUT2D eigenvalue weighted by Gasteiger charge is 2.26. The smallest absolute Gasteiger partial charge is 0.276 e. The molecule has 8 heteroatoms. The van der Waals surface area contributed by atoms with Crippen LogP contribution >= 0.6 is 0 Å². The second-order valence-electron chi connectivity index (χ2n) is 7.64. The van der Waals surface area contributed by atoms with Gasteiger partial charge in [-0.05, 0) is 17.2 Å². The molecule has 0 atom stereocenters. The summed E-state index contributed by atoms with van der Waals surface area (Å²) < 4.78 is 1.77. The van der Waals surface area contributed by atoms with Crippen molar-refractivity contribution in [2.24, 2.45) is 0 Å². The number of hydrogen-bond acceptors (Lipinski definition) is 6. The van der Waals surface area contributed by atoms with Gasteiger partial charge in [0.1, 0.15) is 6.04 Å². The molecule has 2 aromatic carbocycles. The van der Waals surface area contributed by atoms with E-state index in [4.69, 9.17) is 0 Å². The molecule has 0 saturated carbocycles. The second-order valence-corrected chi connectivity index (χ2v) is 7.64. The van der Waals surface area contributed by atoms with Crippen molar-refractivity contribution >= 4 is 11.9 Å². The molecule has 0 radical (unpaired) electrons. The molecule has 4 aromatic rings. The highest BCUT2D eigenvalue weighted by atomic mass is 16.2. The topological polar surface area (TPSA) is 80.0 Å². The molecule has 1 aliphatic rings. The summed E-state index contributed by atoms with van der Waals surface area (Å²) in [5.74, 6) is 0.587. The van der Waals surface area contributed by atoms with Crippen LogP contribution in [-0.2, 0) is 0 Å². The third-order valence-corrected chi connectivity index (χ3v) is 5.63. The summed E-state index contributed by atoms with van der Waals surface area (Å²) in [5.41, 5.74) is 2.52. The zero-order valence-corrected chi connectivity index (χ0v) is 17.5. The number of piperazine rings is 1. The van der Waals surface area contributed by atoms with Crippen LogP contribution in [0.5, 0.6) is 0 Å². The van der Waals surface area contributed by atoms with Gasteiger partial charge in [-0.15, -0.1) is 5.10 Å². The van der Waals surface area contributed by atoms with Crippen LogP contribution in [0.4, 0.5) is 5.95 Å². The van der Waals surface area contributed by atoms with Crippen LogP contribution in [0.3, 0.4) is 0 Å². The molecule has 1 amide bonds. The first kappa shape index (κ1) is 19.9. The Morgan fingerprint density at radius 3 is 1.97 bits per heavy atom. The number of anilines is 1. The largest absolute Gasteiger partial charge is 0.337 e. The lowest BCUT2D eigenvalue weighted by molar-refractivity contribution is 0.0740. The van der Waals surface area contributed by atoms with Crippen LogP contribution in [0, 0.1) is 0 Å². The average Bonchev–Trinajstić information content (AvgIpc) is 3.35. The lowest BCUT2D eigenvalue weighted by Crippen LogP contribution is -2.49. The molecule has 2 aromatic heterocycles. The van der Waals surface area contributed by atoms with Gasteiger partial charge in [-0.3, -0.25) is 4.79 Å². The second kappa shape index (κ2) is 8.97. The molecule has 8 nitrogen and oxygen atoms in total. The van der Waals surface area contributed by atoms with Crippen molar-refractivity contribution in [3.8, 4) is 0 Å². The number of aromatic nitrogens is 5. The van der Waals surface area contributed by atoms with E-state index >= 15 is 0 Å². The molecule has 5 rings (SSSR count). The first-order valence-electron chi connectivity index (χ1n) is 10.6. The fraction of sp³-hybridized carbons (Fsp3) is 0.208. The zero-order valence-electron chi connectivity index (χ0n) is 17.5. The van der Waals surface area contributed by atoms with E-state index in [1.165, 1.54) is 0 Å². The van der Waals surface area contributed by atoms with Gasteiger partial charge in [0.2, 0.25) is 5.95 Å². The summed E-state index contributed by atoms with van der Waals surface area (Å²) in [6, 6.07) is 21.9. The third kappa shape index (κ3) is 4.07. The van der Waals surface area contributed by atoms with E-state index < -0.39 is 0 Å². The van der Waals surface area contributed by atoms with Crippen LogP contribution in [-0.4, -0.2) is 61.9 Å². The molecule has 0 N–H and O–H groups in total. The minimum atomic E-state index is -0.154. The predicted octanol–water partition coefficient (Wildman–Crippen LogP) is 2.67. The summed E-state index contributed by atoms with van der Waals surface area (Å²) in [6.07, 6.45) is 5.21. The molecule has 32 heavy (non-hydrogen) atoms. The molecule has 3 heterocycles. The highest BCUT2D eigenvalue weighted by molar-refractivity contribution is 5.92. The van der Waals surface area contributed by atoms with Crippen LogP contribution in [0.25, 0.3) is 0 Å². The summed E-state index contributed by atoms with van der Waals surface area (Å²) in [7, 11) is 0. The fourth-order valence-electron chi connectivity index (χ4n) is 4.00. The number of hydrogen-bond donors (Lipinski definition) is 0. The van der Waals surface area contributed by atoms with E-state index in [2.05, 4.69) is 49.4 Å². The summed E-state index contributed by atoms with van der Waals surface area (Å²) in [5, 5.41) is 8.56. The lowest BCUT2D eigenvalue weighted by Gasteiger charge is -2.34. The van der Waals surface area contributed by atoms with Crippen molar-refractivity contribution in [3.63, 3.8) is 0 Å². The van der Waals surface area contributed by atoms with Crippen molar-refractivity contribution in [2.45, 2.75) is 6.04 Å². The average molecular weight is 425 g/mol. The van der Waals surface area contributed by atoms with Gasteiger partial charge < -0.3 is 9.80 Å². The molecule has 160 valence electrons. The maximum absolute atomic E-state index is 13.1. The van der Waals surface area contributed by atoms with E-state index in [1.54, 1.807) is 29.3 Å². The van der Waals surface area contributed by atoms with Crippen molar-refractivity contribution in [1.82, 2.24) is 29.9 Å². The van der Waals surface area contributed by atoms with Gasteiger partial charge in [0.25, 0.3) is 5.91 Å². The number of amides is 1. The lowest BCUT2D eigenvalue weighted by atomic mass is 9.99. The van der Waals surface area contributed by atoms with Gasteiger partial charge >= 0.3 is 0 Å². The molecular formula is C24H23N7O. The van der Waals surface area contributed by atoms with Crippen LogP contribution in [0.15, 0.2) is 85.3 Å². The van der Waals surface area contributed by atoms with E-state index in [1.807, 2.05) is 41.3 Å². The number of nitrogens with zero attached hydrogens (tertiary/aromatic N) is 7. The van der Waals surface area contributed by atoms with Gasteiger partial charge in [0.05, 0.1) is 6.20 Å².